The predicted molar refractivity (Wildman–Crippen MR) is 93.7 cm³/mol. The summed E-state index contributed by atoms with van der Waals surface area (Å²) in [7, 11) is 1.95. The first kappa shape index (κ1) is 16.8. The van der Waals surface area contributed by atoms with Crippen molar-refractivity contribution in [3.63, 3.8) is 0 Å². The van der Waals surface area contributed by atoms with Crippen LogP contribution in [-0.2, 0) is 0 Å². The van der Waals surface area contributed by atoms with E-state index in [2.05, 4.69) is 36.7 Å². The molecule has 1 aromatic carbocycles. The van der Waals surface area contributed by atoms with Crippen LogP contribution in [0.3, 0.4) is 0 Å². The topological polar surface area (TPSA) is 21.3 Å². The molecule has 0 heterocycles. The van der Waals surface area contributed by atoms with E-state index in [9.17, 15) is 0 Å². The average Bonchev–Trinajstić information content (AvgIpc) is 2.50. The Bertz CT molecular complexity index is 573. The lowest BCUT2D eigenvalue weighted by Crippen LogP contribution is -2.34. The highest BCUT2D eigenvalue weighted by Gasteiger charge is 2.31. The van der Waals surface area contributed by atoms with Crippen LogP contribution in [0.25, 0.3) is 0 Å². The highest BCUT2D eigenvalue weighted by Crippen LogP contribution is 2.38. The maximum Gasteiger partial charge on any atom is 0.177 e. The molecule has 114 valence electrons. The van der Waals surface area contributed by atoms with Crippen molar-refractivity contribution in [1.82, 2.24) is 5.32 Å². The van der Waals surface area contributed by atoms with Crippen LogP contribution in [0.2, 0.25) is 10.0 Å². The second-order valence-corrected chi connectivity index (χ2v) is 6.87. The van der Waals surface area contributed by atoms with E-state index < -0.39 is 4.93 Å². The molecular weight excluding hydrogens is 325 g/mol. The van der Waals surface area contributed by atoms with Crippen molar-refractivity contribution >= 4 is 35.0 Å². The van der Waals surface area contributed by atoms with Crippen LogP contribution in [0.15, 0.2) is 42.0 Å². The quantitative estimate of drug-likeness (QED) is 0.766. The van der Waals surface area contributed by atoms with Crippen LogP contribution in [-0.4, -0.2) is 24.3 Å². The summed E-state index contributed by atoms with van der Waals surface area (Å²) in [5.41, 5.74) is 1.22. The van der Waals surface area contributed by atoms with E-state index in [4.69, 9.17) is 27.9 Å². The van der Waals surface area contributed by atoms with E-state index in [0.717, 1.165) is 12.2 Å². The number of thioether (sulfide) groups is 1. The van der Waals surface area contributed by atoms with Gasteiger partial charge in [-0.3, -0.25) is 0 Å². The van der Waals surface area contributed by atoms with Gasteiger partial charge in [0, 0.05) is 18.5 Å². The van der Waals surface area contributed by atoms with Gasteiger partial charge in [-0.05, 0) is 44.0 Å². The zero-order chi connectivity index (χ0) is 15.5. The molecule has 0 bridgehead atoms. The lowest BCUT2D eigenvalue weighted by atomic mass is 9.99. The summed E-state index contributed by atoms with van der Waals surface area (Å²) in [6.45, 7) is 2.13. The minimum absolute atomic E-state index is 0.283. The van der Waals surface area contributed by atoms with Crippen LogP contribution in [0.5, 0.6) is 5.75 Å². The van der Waals surface area contributed by atoms with E-state index in [0.29, 0.717) is 10.0 Å². The van der Waals surface area contributed by atoms with Gasteiger partial charge in [-0.1, -0.05) is 35.4 Å². The van der Waals surface area contributed by atoms with Crippen molar-refractivity contribution in [3.05, 3.63) is 52.0 Å². The monoisotopic (exact) mass is 343 g/mol. The summed E-state index contributed by atoms with van der Waals surface area (Å²) in [5.74, 6) is 0.724. The van der Waals surface area contributed by atoms with Gasteiger partial charge < -0.3 is 10.1 Å². The van der Waals surface area contributed by atoms with Gasteiger partial charge in [0.15, 0.2) is 4.93 Å². The molecule has 0 fully saturated rings. The van der Waals surface area contributed by atoms with Gasteiger partial charge in [0.25, 0.3) is 0 Å². The van der Waals surface area contributed by atoms with Crippen LogP contribution < -0.4 is 10.1 Å². The normalized spacial score (nSPS) is 22.8. The number of likely N-dealkylation sites (N-methyl/N-ethyl adjacent to an activating group) is 1. The Kier molecular flexibility index (Phi) is 5.67. The second-order valence-electron chi connectivity index (χ2n) is 4.96. The molecule has 5 heteroatoms. The third kappa shape index (κ3) is 3.98. The maximum absolute atomic E-state index is 6.22. The van der Waals surface area contributed by atoms with Gasteiger partial charge in [0.1, 0.15) is 5.75 Å². The summed E-state index contributed by atoms with van der Waals surface area (Å²) in [4.78, 5) is -0.410. The Labute approximate surface area is 140 Å². The molecule has 1 aliphatic carbocycles. The molecule has 0 saturated carbocycles. The third-order valence-corrected chi connectivity index (χ3v) is 5.36. The third-order valence-electron chi connectivity index (χ3n) is 3.56. The molecule has 0 amide bonds. The lowest BCUT2D eigenvalue weighted by Gasteiger charge is -2.33. The molecule has 21 heavy (non-hydrogen) atoms. The molecule has 1 aliphatic rings. The number of hydrogen-bond donors (Lipinski definition) is 1. The minimum Gasteiger partial charge on any atom is -0.472 e. The first-order chi connectivity index (χ1) is 9.99. The Morgan fingerprint density at radius 2 is 2.10 bits per heavy atom. The fourth-order valence-electron chi connectivity index (χ4n) is 2.15. The summed E-state index contributed by atoms with van der Waals surface area (Å²) >= 11 is 13.7. The predicted octanol–water partition coefficient (Wildman–Crippen LogP) is 4.93. The number of rotatable bonds is 5. The Morgan fingerprint density at radius 3 is 2.71 bits per heavy atom. The molecule has 2 nitrogen and oxygen atoms in total. The first-order valence-corrected chi connectivity index (χ1v) is 8.73. The van der Waals surface area contributed by atoms with Gasteiger partial charge in [-0.2, -0.15) is 0 Å². The zero-order valence-electron chi connectivity index (χ0n) is 12.3. The van der Waals surface area contributed by atoms with Crippen molar-refractivity contribution in [3.8, 4) is 5.75 Å². The summed E-state index contributed by atoms with van der Waals surface area (Å²) in [5, 5.41) is 4.29. The fourth-order valence-corrected chi connectivity index (χ4v) is 3.14. The SMILES string of the molecule is CNC(C)C1=CC(Oc2ccc(Cl)c(Cl)c2)(SC)CC=C1. The number of hydrogen-bond acceptors (Lipinski definition) is 3. The number of ether oxygens (including phenoxy) is 1. The summed E-state index contributed by atoms with van der Waals surface area (Å²) in [6.07, 6.45) is 9.34. The Hall–Kier alpha value is -0.610. The zero-order valence-corrected chi connectivity index (χ0v) is 14.6. The van der Waals surface area contributed by atoms with Crippen molar-refractivity contribution in [2.75, 3.05) is 13.3 Å². The molecule has 2 atom stereocenters. The molecular formula is C16H19Cl2NOS. The van der Waals surface area contributed by atoms with Crippen molar-refractivity contribution < 1.29 is 4.74 Å². The number of benzene rings is 1. The summed E-state index contributed by atoms with van der Waals surface area (Å²) in [6, 6.07) is 5.65. The minimum atomic E-state index is -0.410. The smallest absolute Gasteiger partial charge is 0.177 e. The van der Waals surface area contributed by atoms with Crippen LogP contribution in [0.4, 0.5) is 0 Å². The highest BCUT2D eigenvalue weighted by atomic mass is 35.5. The van der Waals surface area contributed by atoms with E-state index in [-0.39, 0.29) is 6.04 Å². The lowest BCUT2D eigenvalue weighted by molar-refractivity contribution is 0.216. The van der Waals surface area contributed by atoms with Crippen molar-refractivity contribution in [2.24, 2.45) is 0 Å². The first-order valence-electron chi connectivity index (χ1n) is 6.75. The summed E-state index contributed by atoms with van der Waals surface area (Å²) < 4.78 is 6.22. The molecule has 0 saturated heterocycles. The largest absolute Gasteiger partial charge is 0.472 e. The molecule has 0 aromatic heterocycles. The Balaban J connectivity index is 2.27. The standard InChI is InChI=1S/C16H19Cl2NOS/c1-11(19-2)12-5-4-8-16(10-12,21-3)20-13-6-7-14(17)15(18)9-13/h4-7,9-11,19H,8H2,1-3H3. The molecule has 0 aliphatic heterocycles. The number of nitrogens with one attached hydrogen (secondary N) is 1. The molecule has 1 N–H and O–H groups in total. The molecule has 2 rings (SSSR count). The van der Waals surface area contributed by atoms with E-state index in [1.165, 1.54) is 5.57 Å². The van der Waals surface area contributed by atoms with Crippen LogP contribution in [0, 0.1) is 0 Å². The molecule has 0 spiro atoms. The average molecular weight is 344 g/mol. The molecule has 1 aromatic rings. The van der Waals surface area contributed by atoms with Crippen molar-refractivity contribution in [2.45, 2.75) is 24.3 Å². The van der Waals surface area contributed by atoms with E-state index >= 15 is 0 Å². The van der Waals surface area contributed by atoms with Gasteiger partial charge >= 0.3 is 0 Å². The fraction of sp³-hybridized carbons (Fsp3) is 0.375. The number of halogens is 2. The Morgan fingerprint density at radius 1 is 1.33 bits per heavy atom. The maximum atomic E-state index is 6.22. The molecule has 0 radical (unpaired) electrons. The van der Waals surface area contributed by atoms with Gasteiger partial charge in [0.05, 0.1) is 10.0 Å². The van der Waals surface area contributed by atoms with Crippen molar-refractivity contribution in [1.29, 1.82) is 0 Å². The van der Waals surface area contributed by atoms with Crippen LogP contribution >= 0.6 is 35.0 Å². The van der Waals surface area contributed by atoms with Gasteiger partial charge in [-0.15, -0.1) is 11.8 Å². The van der Waals surface area contributed by atoms with Gasteiger partial charge in [0.2, 0.25) is 0 Å². The van der Waals surface area contributed by atoms with Crippen LogP contribution in [0.1, 0.15) is 13.3 Å². The van der Waals surface area contributed by atoms with Gasteiger partial charge in [-0.25, -0.2) is 0 Å². The second kappa shape index (κ2) is 7.10. The molecule has 2 unspecified atom stereocenters. The highest BCUT2D eigenvalue weighted by molar-refractivity contribution is 8.00. The van der Waals surface area contributed by atoms with E-state index in [1.54, 1.807) is 23.9 Å². The van der Waals surface area contributed by atoms with E-state index in [1.807, 2.05) is 13.1 Å².